The van der Waals surface area contributed by atoms with Crippen molar-refractivity contribution in [1.82, 2.24) is 10.2 Å². The van der Waals surface area contributed by atoms with Crippen molar-refractivity contribution in [2.45, 2.75) is 52.6 Å². The number of amides is 1. The number of hydrogen-bond donors (Lipinski definition) is 2. The molecule has 0 aromatic carbocycles. The monoisotopic (exact) mass is 255 g/mol. The van der Waals surface area contributed by atoms with Crippen LogP contribution in [0.4, 0.5) is 0 Å². The van der Waals surface area contributed by atoms with E-state index < -0.39 is 5.54 Å². The molecule has 1 aliphatic rings. The SMILES string of the molecule is CCNC(C)(CC(C)N1CC(C)C(C)C1)C(N)=O. The molecule has 1 rings (SSSR count). The molecular formula is C14H29N3O. The summed E-state index contributed by atoms with van der Waals surface area (Å²) in [4.78, 5) is 14.1. The van der Waals surface area contributed by atoms with Crippen molar-refractivity contribution in [2.24, 2.45) is 17.6 Å². The Morgan fingerprint density at radius 1 is 1.44 bits per heavy atom. The van der Waals surface area contributed by atoms with Crippen LogP contribution in [-0.4, -0.2) is 42.0 Å². The summed E-state index contributed by atoms with van der Waals surface area (Å²) < 4.78 is 0. The first-order valence-electron chi connectivity index (χ1n) is 7.09. The van der Waals surface area contributed by atoms with Gasteiger partial charge in [-0.2, -0.15) is 0 Å². The standard InChI is InChI=1S/C14H29N3O/c1-6-16-14(5,13(15)18)7-12(4)17-8-10(2)11(3)9-17/h10-12,16H,6-9H2,1-5H3,(H2,15,18). The first-order chi connectivity index (χ1) is 8.30. The van der Waals surface area contributed by atoms with Crippen LogP contribution in [0, 0.1) is 11.8 Å². The maximum Gasteiger partial charge on any atom is 0.237 e. The number of likely N-dealkylation sites (tertiary alicyclic amines) is 1. The second kappa shape index (κ2) is 6.02. The zero-order valence-electron chi connectivity index (χ0n) is 12.5. The molecule has 4 nitrogen and oxygen atoms in total. The number of carbonyl (C=O) groups excluding carboxylic acids is 1. The molecule has 0 radical (unpaired) electrons. The molecular weight excluding hydrogens is 226 g/mol. The van der Waals surface area contributed by atoms with E-state index in [1.807, 2.05) is 13.8 Å². The summed E-state index contributed by atoms with van der Waals surface area (Å²) >= 11 is 0. The van der Waals surface area contributed by atoms with E-state index in [2.05, 4.69) is 31.0 Å². The fourth-order valence-electron chi connectivity index (χ4n) is 2.90. The molecule has 4 unspecified atom stereocenters. The average molecular weight is 255 g/mol. The Kier molecular flexibility index (Phi) is 5.17. The Hall–Kier alpha value is -0.610. The lowest BCUT2D eigenvalue weighted by molar-refractivity contribution is -0.124. The predicted octanol–water partition coefficient (Wildman–Crippen LogP) is 1.21. The summed E-state index contributed by atoms with van der Waals surface area (Å²) in [6.45, 7) is 13.7. The van der Waals surface area contributed by atoms with Gasteiger partial charge in [-0.1, -0.05) is 20.8 Å². The van der Waals surface area contributed by atoms with Gasteiger partial charge in [-0.05, 0) is 38.6 Å². The average Bonchev–Trinajstić information content (AvgIpc) is 2.59. The highest BCUT2D eigenvalue weighted by Crippen LogP contribution is 2.26. The Labute approximate surface area is 111 Å². The van der Waals surface area contributed by atoms with Crippen molar-refractivity contribution >= 4 is 5.91 Å². The predicted molar refractivity (Wildman–Crippen MR) is 75.3 cm³/mol. The van der Waals surface area contributed by atoms with E-state index in [1.54, 1.807) is 0 Å². The fraction of sp³-hybridized carbons (Fsp3) is 0.929. The van der Waals surface area contributed by atoms with E-state index in [0.717, 1.165) is 37.9 Å². The molecule has 18 heavy (non-hydrogen) atoms. The zero-order valence-corrected chi connectivity index (χ0v) is 12.5. The number of nitrogens with one attached hydrogen (secondary N) is 1. The Morgan fingerprint density at radius 2 is 1.94 bits per heavy atom. The molecule has 0 saturated carbocycles. The van der Waals surface area contributed by atoms with Crippen molar-refractivity contribution in [3.8, 4) is 0 Å². The van der Waals surface area contributed by atoms with Gasteiger partial charge in [-0.25, -0.2) is 0 Å². The maximum atomic E-state index is 11.6. The quantitative estimate of drug-likeness (QED) is 0.750. The highest BCUT2D eigenvalue weighted by atomic mass is 16.1. The van der Waals surface area contributed by atoms with E-state index >= 15 is 0 Å². The van der Waals surface area contributed by atoms with Crippen LogP contribution in [0.25, 0.3) is 0 Å². The third-order valence-electron chi connectivity index (χ3n) is 4.45. The van der Waals surface area contributed by atoms with Gasteiger partial charge in [0, 0.05) is 19.1 Å². The molecule has 0 aromatic rings. The Balaban J connectivity index is 2.62. The summed E-state index contributed by atoms with van der Waals surface area (Å²) in [6, 6.07) is 0.383. The lowest BCUT2D eigenvalue weighted by Gasteiger charge is -2.34. The minimum atomic E-state index is -0.594. The number of hydrogen-bond acceptors (Lipinski definition) is 3. The number of rotatable bonds is 6. The van der Waals surface area contributed by atoms with E-state index in [9.17, 15) is 4.79 Å². The summed E-state index contributed by atoms with van der Waals surface area (Å²) in [7, 11) is 0. The lowest BCUT2D eigenvalue weighted by Crippen LogP contribution is -2.56. The van der Waals surface area contributed by atoms with Gasteiger partial charge in [0.05, 0.1) is 5.54 Å². The van der Waals surface area contributed by atoms with Crippen molar-refractivity contribution in [2.75, 3.05) is 19.6 Å². The van der Waals surface area contributed by atoms with Gasteiger partial charge >= 0.3 is 0 Å². The van der Waals surface area contributed by atoms with Crippen LogP contribution in [0.5, 0.6) is 0 Å². The molecule has 1 aliphatic heterocycles. The van der Waals surface area contributed by atoms with Gasteiger partial charge in [-0.15, -0.1) is 0 Å². The molecule has 0 spiro atoms. The normalized spacial score (nSPS) is 30.1. The van der Waals surface area contributed by atoms with Gasteiger partial charge in [0.15, 0.2) is 0 Å². The van der Waals surface area contributed by atoms with Crippen LogP contribution in [-0.2, 0) is 4.79 Å². The molecule has 106 valence electrons. The Morgan fingerprint density at radius 3 is 2.33 bits per heavy atom. The molecule has 1 fully saturated rings. The molecule has 3 N–H and O–H groups in total. The van der Waals surface area contributed by atoms with Crippen LogP contribution in [0.15, 0.2) is 0 Å². The van der Waals surface area contributed by atoms with Crippen molar-refractivity contribution in [3.63, 3.8) is 0 Å². The largest absolute Gasteiger partial charge is 0.368 e. The summed E-state index contributed by atoms with van der Waals surface area (Å²) in [5.41, 5.74) is 4.94. The highest BCUT2D eigenvalue weighted by molar-refractivity contribution is 5.84. The first kappa shape index (κ1) is 15.4. The van der Waals surface area contributed by atoms with Crippen molar-refractivity contribution in [1.29, 1.82) is 0 Å². The molecule has 1 amide bonds. The molecule has 1 heterocycles. The third-order valence-corrected chi connectivity index (χ3v) is 4.45. The first-order valence-corrected chi connectivity index (χ1v) is 7.09. The number of carbonyl (C=O) groups is 1. The lowest BCUT2D eigenvalue weighted by atomic mass is 9.92. The number of primary amides is 1. The van der Waals surface area contributed by atoms with Crippen LogP contribution >= 0.6 is 0 Å². The molecule has 4 heteroatoms. The number of nitrogens with zero attached hydrogens (tertiary/aromatic N) is 1. The van der Waals surface area contributed by atoms with Gasteiger partial charge in [0.2, 0.25) is 5.91 Å². The summed E-state index contributed by atoms with van der Waals surface area (Å²) in [6.07, 6.45) is 0.773. The van der Waals surface area contributed by atoms with E-state index in [-0.39, 0.29) is 5.91 Å². The second-order valence-electron chi connectivity index (χ2n) is 6.19. The van der Waals surface area contributed by atoms with Gasteiger partial charge in [0.25, 0.3) is 0 Å². The van der Waals surface area contributed by atoms with Crippen LogP contribution in [0.3, 0.4) is 0 Å². The van der Waals surface area contributed by atoms with Crippen LogP contribution in [0.2, 0.25) is 0 Å². The van der Waals surface area contributed by atoms with Gasteiger partial charge in [-0.3, -0.25) is 4.79 Å². The van der Waals surface area contributed by atoms with E-state index in [0.29, 0.717) is 6.04 Å². The molecule has 0 aromatic heterocycles. The second-order valence-corrected chi connectivity index (χ2v) is 6.19. The van der Waals surface area contributed by atoms with E-state index in [4.69, 9.17) is 5.73 Å². The van der Waals surface area contributed by atoms with Gasteiger partial charge < -0.3 is 16.0 Å². The summed E-state index contributed by atoms with van der Waals surface area (Å²) in [5, 5.41) is 3.23. The minimum Gasteiger partial charge on any atom is -0.368 e. The van der Waals surface area contributed by atoms with Gasteiger partial charge in [0.1, 0.15) is 0 Å². The smallest absolute Gasteiger partial charge is 0.237 e. The van der Waals surface area contributed by atoms with Crippen molar-refractivity contribution in [3.05, 3.63) is 0 Å². The number of likely N-dealkylation sites (N-methyl/N-ethyl adjacent to an activating group) is 1. The Bertz CT molecular complexity index is 285. The highest BCUT2D eigenvalue weighted by Gasteiger charge is 2.36. The fourth-order valence-corrected chi connectivity index (χ4v) is 2.90. The van der Waals surface area contributed by atoms with Crippen molar-refractivity contribution < 1.29 is 4.79 Å². The van der Waals surface area contributed by atoms with E-state index in [1.165, 1.54) is 0 Å². The molecule has 0 bridgehead atoms. The van der Waals surface area contributed by atoms with Crippen LogP contribution < -0.4 is 11.1 Å². The number of nitrogens with two attached hydrogens (primary N) is 1. The summed E-state index contributed by atoms with van der Waals surface area (Å²) in [5.74, 6) is 1.23. The molecule has 4 atom stereocenters. The topological polar surface area (TPSA) is 58.4 Å². The van der Waals surface area contributed by atoms with Crippen LogP contribution in [0.1, 0.15) is 41.0 Å². The zero-order chi connectivity index (χ0) is 13.9. The third kappa shape index (κ3) is 3.45. The molecule has 0 aliphatic carbocycles. The maximum absolute atomic E-state index is 11.6. The molecule has 1 saturated heterocycles. The minimum absolute atomic E-state index is 0.253.